The molecule has 5 nitrogen and oxygen atoms in total. The minimum Gasteiger partial charge on any atom is -0.355 e. The van der Waals surface area contributed by atoms with Crippen LogP contribution >= 0.6 is 11.6 Å². The highest BCUT2D eigenvalue weighted by Gasteiger charge is 2.32. The van der Waals surface area contributed by atoms with Gasteiger partial charge in [0, 0.05) is 24.7 Å². The van der Waals surface area contributed by atoms with Gasteiger partial charge in [-0.25, -0.2) is 12.7 Å². The number of hydrogen-bond donors (Lipinski definition) is 1. The lowest BCUT2D eigenvalue weighted by Crippen LogP contribution is -2.46. The SMILES string of the molecule is O=C(NCCc1ccccc1)C1CCCN(S(=O)(=O)Cc2ccc(Cl)cc2)C1. The first-order valence-electron chi connectivity index (χ1n) is 9.48. The minimum atomic E-state index is -3.47. The molecule has 1 aliphatic heterocycles. The Kier molecular flexibility index (Phi) is 7.10. The van der Waals surface area contributed by atoms with Gasteiger partial charge in [0.15, 0.2) is 0 Å². The van der Waals surface area contributed by atoms with Crippen molar-refractivity contribution in [3.8, 4) is 0 Å². The second-order valence-electron chi connectivity index (χ2n) is 7.11. The first kappa shape index (κ1) is 20.8. The second-order valence-corrected chi connectivity index (χ2v) is 9.51. The van der Waals surface area contributed by atoms with E-state index in [-0.39, 0.29) is 24.1 Å². The van der Waals surface area contributed by atoms with Gasteiger partial charge in [0.2, 0.25) is 15.9 Å². The van der Waals surface area contributed by atoms with E-state index >= 15 is 0 Å². The van der Waals surface area contributed by atoms with Gasteiger partial charge < -0.3 is 5.32 Å². The van der Waals surface area contributed by atoms with E-state index in [1.54, 1.807) is 24.3 Å². The maximum atomic E-state index is 12.8. The number of carbonyl (C=O) groups excluding carboxylic acids is 1. The highest BCUT2D eigenvalue weighted by molar-refractivity contribution is 7.88. The Bertz CT molecular complexity index is 886. The van der Waals surface area contributed by atoms with Crippen LogP contribution in [0.25, 0.3) is 0 Å². The lowest BCUT2D eigenvalue weighted by molar-refractivity contribution is -0.126. The molecule has 2 aromatic carbocycles. The molecule has 0 bridgehead atoms. The van der Waals surface area contributed by atoms with Gasteiger partial charge in [0.1, 0.15) is 0 Å². The lowest BCUT2D eigenvalue weighted by atomic mass is 9.99. The molecule has 1 atom stereocenters. The highest BCUT2D eigenvalue weighted by Crippen LogP contribution is 2.22. The van der Waals surface area contributed by atoms with E-state index in [1.807, 2.05) is 30.3 Å². The van der Waals surface area contributed by atoms with E-state index in [2.05, 4.69) is 5.32 Å². The average molecular weight is 421 g/mol. The van der Waals surface area contributed by atoms with Crippen LogP contribution in [-0.4, -0.2) is 38.3 Å². The summed E-state index contributed by atoms with van der Waals surface area (Å²) in [5.74, 6) is -0.446. The standard InChI is InChI=1S/C21H25ClN2O3S/c22-20-10-8-18(9-11-20)16-28(26,27)24-14-4-7-19(15-24)21(25)23-13-12-17-5-2-1-3-6-17/h1-3,5-6,8-11,19H,4,7,12-16H2,(H,23,25). The number of sulfonamides is 1. The molecule has 1 saturated heterocycles. The second kappa shape index (κ2) is 9.54. The van der Waals surface area contributed by atoms with Crippen LogP contribution in [-0.2, 0) is 27.0 Å². The van der Waals surface area contributed by atoms with Gasteiger partial charge in [0.05, 0.1) is 11.7 Å². The number of nitrogens with one attached hydrogen (secondary N) is 1. The fourth-order valence-corrected chi connectivity index (χ4v) is 5.15. The van der Waals surface area contributed by atoms with Crippen molar-refractivity contribution in [1.82, 2.24) is 9.62 Å². The highest BCUT2D eigenvalue weighted by atomic mass is 35.5. The van der Waals surface area contributed by atoms with Crippen LogP contribution in [0.1, 0.15) is 24.0 Å². The van der Waals surface area contributed by atoms with Crippen molar-refractivity contribution < 1.29 is 13.2 Å². The number of nitrogens with zero attached hydrogens (tertiary/aromatic N) is 1. The van der Waals surface area contributed by atoms with Crippen LogP contribution in [0.4, 0.5) is 0 Å². The molecule has 0 aliphatic carbocycles. The zero-order valence-corrected chi connectivity index (χ0v) is 17.3. The summed E-state index contributed by atoms with van der Waals surface area (Å²) >= 11 is 5.86. The Morgan fingerprint density at radius 1 is 1.07 bits per heavy atom. The number of hydrogen-bond acceptors (Lipinski definition) is 3. The molecule has 3 rings (SSSR count). The van der Waals surface area contributed by atoms with Crippen LogP contribution in [0.2, 0.25) is 5.02 Å². The first-order chi connectivity index (χ1) is 13.4. The Labute approximate surface area is 171 Å². The molecule has 1 heterocycles. The summed E-state index contributed by atoms with van der Waals surface area (Å²) in [5.41, 5.74) is 1.86. The summed E-state index contributed by atoms with van der Waals surface area (Å²) in [7, 11) is -3.47. The van der Waals surface area contributed by atoms with Gasteiger partial charge in [-0.15, -0.1) is 0 Å². The van der Waals surface area contributed by atoms with E-state index < -0.39 is 10.0 Å². The van der Waals surface area contributed by atoms with Gasteiger partial charge in [-0.05, 0) is 42.5 Å². The van der Waals surface area contributed by atoms with Crippen molar-refractivity contribution in [3.05, 3.63) is 70.7 Å². The van der Waals surface area contributed by atoms with Crippen molar-refractivity contribution >= 4 is 27.5 Å². The molecule has 7 heteroatoms. The Morgan fingerprint density at radius 3 is 2.50 bits per heavy atom. The summed E-state index contributed by atoms with van der Waals surface area (Å²) < 4.78 is 27.0. The molecule has 28 heavy (non-hydrogen) atoms. The van der Waals surface area contributed by atoms with E-state index in [0.717, 1.165) is 6.42 Å². The third kappa shape index (κ3) is 5.80. The summed E-state index contributed by atoms with van der Waals surface area (Å²) in [5, 5.41) is 3.53. The zero-order valence-electron chi connectivity index (χ0n) is 15.7. The van der Waals surface area contributed by atoms with Crippen molar-refractivity contribution in [2.45, 2.75) is 25.0 Å². The monoisotopic (exact) mass is 420 g/mol. The van der Waals surface area contributed by atoms with Gasteiger partial charge >= 0.3 is 0 Å². The summed E-state index contributed by atoms with van der Waals surface area (Å²) in [6.45, 7) is 1.26. The predicted molar refractivity (Wildman–Crippen MR) is 112 cm³/mol. The smallest absolute Gasteiger partial charge is 0.224 e. The van der Waals surface area contributed by atoms with E-state index in [0.29, 0.717) is 36.5 Å². The number of amides is 1. The summed E-state index contributed by atoms with van der Waals surface area (Å²) in [4.78, 5) is 12.5. The normalized spacial score (nSPS) is 18.0. The predicted octanol–water partition coefficient (Wildman–Crippen LogP) is 3.24. The number of halogens is 1. The fraction of sp³-hybridized carbons (Fsp3) is 0.381. The van der Waals surface area contributed by atoms with E-state index in [4.69, 9.17) is 11.6 Å². The topological polar surface area (TPSA) is 66.5 Å². The van der Waals surface area contributed by atoms with Crippen LogP contribution in [0.5, 0.6) is 0 Å². The Balaban J connectivity index is 1.53. The van der Waals surface area contributed by atoms with Gasteiger partial charge in [0.25, 0.3) is 0 Å². The molecule has 1 aliphatic rings. The molecule has 1 fully saturated rings. The number of carbonyl (C=O) groups is 1. The van der Waals surface area contributed by atoms with Crippen LogP contribution in [0.3, 0.4) is 0 Å². The first-order valence-corrected chi connectivity index (χ1v) is 11.5. The third-order valence-corrected chi connectivity index (χ3v) is 7.03. The Morgan fingerprint density at radius 2 is 1.79 bits per heavy atom. The largest absolute Gasteiger partial charge is 0.355 e. The molecule has 1 unspecified atom stereocenters. The molecule has 150 valence electrons. The maximum Gasteiger partial charge on any atom is 0.224 e. The molecule has 0 saturated carbocycles. The fourth-order valence-electron chi connectivity index (χ4n) is 3.41. The lowest BCUT2D eigenvalue weighted by Gasteiger charge is -2.31. The summed E-state index contributed by atoms with van der Waals surface area (Å²) in [6.07, 6.45) is 2.17. The van der Waals surface area contributed by atoms with Gasteiger partial charge in [-0.1, -0.05) is 54.1 Å². The molecular weight excluding hydrogens is 396 g/mol. The van der Waals surface area contributed by atoms with Crippen molar-refractivity contribution in [2.75, 3.05) is 19.6 Å². The molecule has 0 radical (unpaired) electrons. The number of benzene rings is 2. The minimum absolute atomic E-state index is 0.0673. The van der Waals surface area contributed by atoms with Crippen molar-refractivity contribution in [1.29, 1.82) is 0 Å². The van der Waals surface area contributed by atoms with E-state index in [1.165, 1.54) is 9.87 Å². The van der Waals surface area contributed by atoms with Crippen molar-refractivity contribution in [2.24, 2.45) is 5.92 Å². The van der Waals surface area contributed by atoms with Crippen LogP contribution in [0, 0.1) is 5.92 Å². The zero-order chi connectivity index (χ0) is 20.0. The van der Waals surface area contributed by atoms with Crippen LogP contribution < -0.4 is 5.32 Å². The molecule has 0 aromatic heterocycles. The quantitative estimate of drug-likeness (QED) is 0.747. The third-order valence-electron chi connectivity index (χ3n) is 4.97. The van der Waals surface area contributed by atoms with Gasteiger partial charge in [-0.2, -0.15) is 0 Å². The molecule has 0 spiro atoms. The number of piperidine rings is 1. The maximum absolute atomic E-state index is 12.8. The average Bonchev–Trinajstić information content (AvgIpc) is 2.70. The molecule has 1 N–H and O–H groups in total. The Hall–Kier alpha value is -1.89. The van der Waals surface area contributed by atoms with Crippen molar-refractivity contribution in [3.63, 3.8) is 0 Å². The van der Waals surface area contributed by atoms with E-state index in [9.17, 15) is 13.2 Å². The summed E-state index contributed by atoms with van der Waals surface area (Å²) in [6, 6.07) is 16.8. The number of rotatable bonds is 7. The van der Waals surface area contributed by atoms with Crippen LogP contribution in [0.15, 0.2) is 54.6 Å². The molecule has 1 amide bonds. The molecular formula is C21H25ClN2O3S. The molecule has 2 aromatic rings. The van der Waals surface area contributed by atoms with Gasteiger partial charge in [-0.3, -0.25) is 4.79 Å².